The van der Waals surface area contributed by atoms with Crippen LogP contribution in [0.15, 0.2) is 170 Å². The van der Waals surface area contributed by atoms with E-state index in [1.807, 2.05) is 60.7 Å². The van der Waals surface area contributed by atoms with Crippen molar-refractivity contribution in [2.24, 2.45) is 0 Å². The summed E-state index contributed by atoms with van der Waals surface area (Å²) in [4.78, 5) is 7.99. The number of rotatable bonds is 15. The summed E-state index contributed by atoms with van der Waals surface area (Å²) in [5, 5.41) is 0. The molecule has 7 rings (SSSR count). The lowest BCUT2D eigenvalue weighted by atomic mass is 9.99. The fourth-order valence-corrected chi connectivity index (χ4v) is 5.99. The number of ether oxygens (including phenoxy) is 3. The van der Waals surface area contributed by atoms with Crippen LogP contribution in [0.5, 0.6) is 28.7 Å². The van der Waals surface area contributed by atoms with Crippen molar-refractivity contribution in [3.63, 3.8) is 0 Å². The molecule has 0 bridgehead atoms. The smallest absolute Gasteiger partial charge is 0.130 e. The fraction of sp³-hybridized carbons (Fsp3) is 0.184. The zero-order valence-corrected chi connectivity index (χ0v) is 31.2. The molecule has 7 aromatic rings. The largest absolute Gasteiger partial charge is 0.494 e. The van der Waals surface area contributed by atoms with E-state index in [0.717, 1.165) is 53.8 Å². The minimum Gasteiger partial charge on any atom is -0.494 e. The summed E-state index contributed by atoms with van der Waals surface area (Å²) < 4.78 is 17.4. The van der Waals surface area contributed by atoms with Gasteiger partial charge in [-0.25, -0.2) is 0 Å². The number of pyridine rings is 2. The van der Waals surface area contributed by atoms with Gasteiger partial charge in [-0.1, -0.05) is 124 Å². The molecule has 0 aliphatic carbocycles. The lowest BCUT2D eigenvalue weighted by Crippen LogP contribution is -1.96. The number of unbranched alkanes of at least 4 members (excludes halogenated alkanes) is 3. The van der Waals surface area contributed by atoms with Crippen molar-refractivity contribution in [1.82, 2.24) is 9.97 Å². The second-order valence-corrected chi connectivity index (χ2v) is 13.1. The first-order valence-corrected chi connectivity index (χ1v) is 19.0. The molecule has 0 unspecified atom stereocenters. The monoisotopic (exact) mass is 712 g/mol. The summed E-state index contributed by atoms with van der Waals surface area (Å²) in [5.74, 6) is 4.14. The van der Waals surface area contributed by atoms with Crippen molar-refractivity contribution in [2.45, 2.75) is 52.4 Å². The van der Waals surface area contributed by atoms with Crippen LogP contribution in [0.25, 0.3) is 33.4 Å². The molecule has 0 atom stereocenters. The average molecular weight is 713 g/mol. The van der Waals surface area contributed by atoms with Gasteiger partial charge in [0.1, 0.15) is 28.7 Å². The van der Waals surface area contributed by atoms with Crippen molar-refractivity contribution in [3.8, 4) is 62.1 Å². The molecule has 0 aliphatic rings. The molecule has 5 nitrogen and oxygen atoms in total. The maximum atomic E-state index is 5.83. The Morgan fingerprint density at radius 3 is 1.09 bits per heavy atom. The van der Waals surface area contributed by atoms with Crippen LogP contribution in [-0.2, 0) is 6.42 Å². The predicted molar refractivity (Wildman–Crippen MR) is 221 cm³/mol. The van der Waals surface area contributed by atoms with Gasteiger partial charge in [-0.3, -0.25) is 9.97 Å². The number of nitrogens with zero attached hydrogens (tertiary/aromatic N) is 2. The van der Waals surface area contributed by atoms with Crippen LogP contribution < -0.4 is 14.2 Å². The Balaban J connectivity index is 0.000000185. The molecular weight excluding hydrogens is 665 g/mol. The van der Waals surface area contributed by atoms with Crippen LogP contribution in [0.1, 0.15) is 51.5 Å². The maximum Gasteiger partial charge on any atom is 0.130 e. The molecule has 0 fully saturated rings. The average Bonchev–Trinajstić information content (AvgIpc) is 3.23. The van der Waals surface area contributed by atoms with Crippen LogP contribution in [0.4, 0.5) is 0 Å². The summed E-state index contributed by atoms with van der Waals surface area (Å²) in [6.45, 7) is 5.22. The van der Waals surface area contributed by atoms with Gasteiger partial charge in [0, 0.05) is 24.8 Å². The highest BCUT2D eigenvalue weighted by Crippen LogP contribution is 2.29. The number of hydrogen-bond donors (Lipinski definition) is 0. The lowest BCUT2D eigenvalue weighted by molar-refractivity contribution is 0.305. The maximum absolute atomic E-state index is 5.83. The summed E-state index contributed by atoms with van der Waals surface area (Å²) in [6.07, 6.45) is 14.1. The second kappa shape index (κ2) is 20.1. The van der Waals surface area contributed by atoms with E-state index in [9.17, 15) is 0 Å². The summed E-state index contributed by atoms with van der Waals surface area (Å²) >= 11 is 0. The number of aromatic nitrogens is 2. The van der Waals surface area contributed by atoms with E-state index < -0.39 is 0 Å². The van der Waals surface area contributed by atoms with E-state index in [-0.39, 0.29) is 0 Å². The van der Waals surface area contributed by atoms with Gasteiger partial charge >= 0.3 is 0 Å². The van der Waals surface area contributed by atoms with E-state index in [0.29, 0.717) is 0 Å². The van der Waals surface area contributed by atoms with Crippen molar-refractivity contribution >= 4 is 0 Å². The highest BCUT2D eigenvalue weighted by molar-refractivity contribution is 5.71. The Bertz CT molecular complexity index is 2080. The van der Waals surface area contributed by atoms with Gasteiger partial charge in [0.25, 0.3) is 0 Å². The lowest BCUT2D eigenvalue weighted by Gasteiger charge is -2.09. The molecule has 0 spiro atoms. The molecule has 0 N–H and O–H groups in total. The van der Waals surface area contributed by atoms with Crippen molar-refractivity contribution in [3.05, 3.63) is 176 Å². The quantitative estimate of drug-likeness (QED) is 0.0991. The van der Waals surface area contributed by atoms with Gasteiger partial charge < -0.3 is 14.2 Å². The Hall–Kier alpha value is -6.20. The Morgan fingerprint density at radius 2 is 0.704 bits per heavy atom. The van der Waals surface area contributed by atoms with Crippen molar-refractivity contribution in [2.75, 3.05) is 6.61 Å². The van der Waals surface area contributed by atoms with Crippen LogP contribution in [-0.4, -0.2) is 16.6 Å². The second-order valence-electron chi connectivity index (χ2n) is 13.1. The van der Waals surface area contributed by atoms with Crippen LogP contribution in [0, 0.1) is 0 Å². The highest BCUT2D eigenvalue weighted by Gasteiger charge is 2.04. The molecule has 272 valence electrons. The molecule has 54 heavy (non-hydrogen) atoms. The Kier molecular flexibility index (Phi) is 14.0. The van der Waals surface area contributed by atoms with Crippen molar-refractivity contribution in [1.29, 1.82) is 0 Å². The number of aryl methyl sites for hydroxylation is 1. The molecule has 5 aromatic carbocycles. The first-order valence-electron chi connectivity index (χ1n) is 19.0. The molecule has 2 heterocycles. The topological polar surface area (TPSA) is 53.5 Å². The number of benzene rings is 5. The van der Waals surface area contributed by atoms with Crippen LogP contribution >= 0.6 is 0 Å². The fourth-order valence-electron chi connectivity index (χ4n) is 5.99. The van der Waals surface area contributed by atoms with E-state index >= 15 is 0 Å². The Morgan fingerprint density at radius 1 is 0.352 bits per heavy atom. The minimum atomic E-state index is 0.785. The first kappa shape index (κ1) is 37.6. The van der Waals surface area contributed by atoms with Gasteiger partial charge in [-0.05, 0) is 112 Å². The molecule has 0 aliphatic heterocycles. The predicted octanol–water partition coefficient (Wildman–Crippen LogP) is 13.7. The van der Waals surface area contributed by atoms with Crippen molar-refractivity contribution < 1.29 is 14.2 Å². The zero-order chi connectivity index (χ0) is 37.2. The van der Waals surface area contributed by atoms with Gasteiger partial charge in [0.15, 0.2) is 0 Å². The van der Waals surface area contributed by atoms with Gasteiger partial charge in [-0.2, -0.15) is 0 Å². The van der Waals surface area contributed by atoms with Crippen LogP contribution in [0.2, 0.25) is 0 Å². The summed E-state index contributed by atoms with van der Waals surface area (Å²) in [5.41, 5.74) is 8.59. The minimum absolute atomic E-state index is 0.785. The normalized spacial score (nSPS) is 10.6. The molecule has 0 radical (unpaired) electrons. The van der Waals surface area contributed by atoms with E-state index in [1.165, 1.54) is 59.1 Å². The van der Waals surface area contributed by atoms with Gasteiger partial charge in [-0.15, -0.1) is 0 Å². The van der Waals surface area contributed by atoms with E-state index in [2.05, 4.69) is 109 Å². The molecule has 0 saturated carbocycles. The standard InChI is InChI=1S/C26H23NO.C23H25NO2/c1-2-3-20-4-6-21(7-5-20)22-8-10-23(11-9-22)24-12-14-25(15-13-24)28-26-16-18-27-19-17-26;1-2-3-4-5-18-25-21-10-6-19(7-11-21)20-8-12-22(13-9-20)26-23-14-16-24-17-15-23/h4-19H,2-3H2,1H3;6-17H,2-5,18H2,1H3. The third-order valence-corrected chi connectivity index (χ3v) is 8.98. The van der Waals surface area contributed by atoms with Gasteiger partial charge in [0.2, 0.25) is 0 Å². The SMILES string of the molecule is CCCCCCOc1ccc(-c2ccc(Oc3ccncc3)cc2)cc1.CCCc1ccc(-c2ccc(-c3ccc(Oc4ccncc4)cc3)cc2)cc1. The summed E-state index contributed by atoms with van der Waals surface area (Å²) in [7, 11) is 0. The van der Waals surface area contributed by atoms with Gasteiger partial charge in [0.05, 0.1) is 6.61 Å². The van der Waals surface area contributed by atoms with Crippen LogP contribution in [0.3, 0.4) is 0 Å². The molecular formula is C49H48N2O3. The third-order valence-electron chi connectivity index (χ3n) is 8.98. The summed E-state index contributed by atoms with van der Waals surface area (Å²) in [6, 6.07) is 49.5. The van der Waals surface area contributed by atoms with E-state index in [4.69, 9.17) is 14.2 Å². The highest BCUT2D eigenvalue weighted by atomic mass is 16.5. The number of hydrogen-bond acceptors (Lipinski definition) is 5. The molecule has 5 heteroatoms. The first-order chi connectivity index (χ1) is 26.7. The molecule has 0 saturated heterocycles. The zero-order valence-electron chi connectivity index (χ0n) is 31.2. The third kappa shape index (κ3) is 11.4. The molecule has 2 aromatic heterocycles. The Labute approximate surface area is 320 Å². The molecule has 0 amide bonds. The van der Waals surface area contributed by atoms with E-state index in [1.54, 1.807) is 24.8 Å².